The van der Waals surface area contributed by atoms with Crippen LogP contribution in [-0.4, -0.2) is 0 Å². The van der Waals surface area contributed by atoms with Gasteiger partial charge in [-0.25, -0.2) is 0 Å². The van der Waals surface area contributed by atoms with E-state index in [1.165, 1.54) is 49.5 Å². The Kier molecular flexibility index (Phi) is 7.18. The van der Waals surface area contributed by atoms with Gasteiger partial charge in [0, 0.05) is 28.0 Å². The predicted octanol–water partition coefficient (Wildman–Crippen LogP) is 14.2. The number of benzene rings is 9. The Bertz CT molecular complexity index is 2760. The van der Waals surface area contributed by atoms with Gasteiger partial charge in [-0.3, -0.25) is 0 Å². The minimum atomic E-state index is 0.898. The highest BCUT2D eigenvalue weighted by Gasteiger charge is 2.22. The van der Waals surface area contributed by atoms with Crippen molar-refractivity contribution >= 4 is 38.6 Å². The third-order valence-electron chi connectivity index (χ3n) is 10.3. The smallest absolute Gasteiger partial charge is 0.135 e. The average molecular weight is 664 g/mol. The SMILES string of the molecule is c1ccc(-c2ccc(N(c3cccc(-c4cccc5ccccc45)c3)c3cccc(-c4ccc5c6c(cccc46)-c4ccccc4O5)c3)cc2)cc1. The summed E-state index contributed by atoms with van der Waals surface area (Å²) < 4.78 is 6.43. The second kappa shape index (κ2) is 12.5. The van der Waals surface area contributed by atoms with Gasteiger partial charge in [0.25, 0.3) is 0 Å². The highest BCUT2D eigenvalue weighted by molar-refractivity contribution is 6.10. The first-order valence-electron chi connectivity index (χ1n) is 17.8. The average Bonchev–Trinajstić information content (AvgIpc) is 3.22. The van der Waals surface area contributed by atoms with Gasteiger partial charge in [0.1, 0.15) is 11.5 Å². The zero-order valence-electron chi connectivity index (χ0n) is 28.4. The standard InChI is InChI=1S/C50H33NO/c1-2-12-34(13-3-1)35-26-28-39(29-27-35)51(40-18-8-16-37(32-40)43-22-10-15-36-14-4-5-20-42(36)43)41-19-9-17-38(33-41)44-30-31-49-50-46(44)23-11-24-47(50)45-21-6-7-25-48(45)52-49/h1-33H. The van der Waals surface area contributed by atoms with Crippen LogP contribution in [0.1, 0.15) is 0 Å². The van der Waals surface area contributed by atoms with Crippen LogP contribution < -0.4 is 9.64 Å². The van der Waals surface area contributed by atoms with Crippen LogP contribution in [0.15, 0.2) is 200 Å². The molecular weight excluding hydrogens is 631 g/mol. The molecule has 0 unspecified atom stereocenters. The van der Waals surface area contributed by atoms with Gasteiger partial charge in [-0.15, -0.1) is 0 Å². The molecule has 52 heavy (non-hydrogen) atoms. The minimum absolute atomic E-state index is 0.898. The summed E-state index contributed by atoms with van der Waals surface area (Å²) in [4.78, 5) is 2.37. The Morgan fingerprint density at radius 3 is 1.67 bits per heavy atom. The van der Waals surface area contributed by atoms with Crippen LogP contribution in [0.25, 0.3) is 66.1 Å². The summed E-state index contributed by atoms with van der Waals surface area (Å²) in [6.07, 6.45) is 0. The van der Waals surface area contributed by atoms with Crippen molar-refractivity contribution in [3.63, 3.8) is 0 Å². The van der Waals surface area contributed by atoms with E-state index in [-0.39, 0.29) is 0 Å². The molecule has 9 aromatic rings. The van der Waals surface area contributed by atoms with E-state index in [0.29, 0.717) is 0 Å². The number of hydrogen-bond acceptors (Lipinski definition) is 2. The molecule has 1 aliphatic heterocycles. The fourth-order valence-corrected chi connectivity index (χ4v) is 7.82. The van der Waals surface area contributed by atoms with E-state index in [0.717, 1.165) is 45.1 Å². The van der Waals surface area contributed by atoms with E-state index in [1.54, 1.807) is 0 Å². The first-order valence-corrected chi connectivity index (χ1v) is 17.8. The molecule has 2 heteroatoms. The molecule has 0 spiro atoms. The molecule has 0 bridgehead atoms. The number of rotatable bonds is 6. The highest BCUT2D eigenvalue weighted by atomic mass is 16.5. The summed E-state index contributed by atoms with van der Waals surface area (Å²) in [5.41, 5.74) is 12.7. The molecule has 0 fully saturated rings. The van der Waals surface area contributed by atoms with Crippen molar-refractivity contribution in [2.45, 2.75) is 0 Å². The van der Waals surface area contributed by atoms with Crippen LogP contribution in [0.5, 0.6) is 11.5 Å². The largest absolute Gasteiger partial charge is 0.456 e. The van der Waals surface area contributed by atoms with Gasteiger partial charge in [-0.2, -0.15) is 0 Å². The number of nitrogens with zero attached hydrogens (tertiary/aromatic N) is 1. The topological polar surface area (TPSA) is 12.5 Å². The fourth-order valence-electron chi connectivity index (χ4n) is 7.82. The van der Waals surface area contributed by atoms with Crippen LogP contribution in [0.4, 0.5) is 17.1 Å². The van der Waals surface area contributed by atoms with Gasteiger partial charge in [0.2, 0.25) is 0 Å². The third-order valence-corrected chi connectivity index (χ3v) is 10.3. The minimum Gasteiger partial charge on any atom is -0.456 e. The van der Waals surface area contributed by atoms with Crippen molar-refractivity contribution in [3.05, 3.63) is 200 Å². The first kappa shape index (κ1) is 30.0. The van der Waals surface area contributed by atoms with E-state index in [1.807, 2.05) is 12.1 Å². The summed E-state index contributed by atoms with van der Waals surface area (Å²) in [6.45, 7) is 0. The van der Waals surface area contributed by atoms with E-state index in [4.69, 9.17) is 4.74 Å². The normalized spacial score (nSPS) is 11.6. The van der Waals surface area contributed by atoms with Crippen LogP contribution in [0.3, 0.4) is 0 Å². The lowest BCUT2D eigenvalue weighted by atomic mass is 9.90. The number of anilines is 3. The Balaban J connectivity index is 1.13. The second-order valence-electron chi connectivity index (χ2n) is 13.3. The fraction of sp³-hybridized carbons (Fsp3) is 0. The molecule has 2 nitrogen and oxygen atoms in total. The van der Waals surface area contributed by atoms with E-state index in [2.05, 4.69) is 193 Å². The van der Waals surface area contributed by atoms with Crippen LogP contribution >= 0.6 is 0 Å². The lowest BCUT2D eigenvalue weighted by Gasteiger charge is -2.27. The highest BCUT2D eigenvalue weighted by Crippen LogP contribution is 2.49. The van der Waals surface area contributed by atoms with Crippen molar-refractivity contribution in [2.75, 3.05) is 4.90 Å². The van der Waals surface area contributed by atoms with Gasteiger partial charge in [0.05, 0.1) is 0 Å². The number of hydrogen-bond donors (Lipinski definition) is 0. The van der Waals surface area contributed by atoms with E-state index < -0.39 is 0 Å². The Morgan fingerprint density at radius 1 is 0.308 bits per heavy atom. The molecule has 0 N–H and O–H groups in total. The zero-order chi connectivity index (χ0) is 34.4. The first-order chi connectivity index (χ1) is 25.8. The van der Waals surface area contributed by atoms with Crippen molar-refractivity contribution < 1.29 is 4.74 Å². The molecule has 0 radical (unpaired) electrons. The van der Waals surface area contributed by atoms with Gasteiger partial charge >= 0.3 is 0 Å². The van der Waals surface area contributed by atoms with Gasteiger partial charge in [-0.05, 0) is 104 Å². The monoisotopic (exact) mass is 663 g/mol. The Morgan fingerprint density at radius 2 is 0.865 bits per heavy atom. The van der Waals surface area contributed by atoms with Gasteiger partial charge in [0.15, 0.2) is 0 Å². The Labute approximate surface area is 303 Å². The Hall–Kier alpha value is -6.90. The molecular formula is C50H33NO. The van der Waals surface area contributed by atoms with E-state index >= 15 is 0 Å². The summed E-state index contributed by atoms with van der Waals surface area (Å²) in [6, 6.07) is 71.7. The van der Waals surface area contributed by atoms with Crippen molar-refractivity contribution in [2.24, 2.45) is 0 Å². The van der Waals surface area contributed by atoms with Crippen molar-refractivity contribution in [3.8, 4) is 56.0 Å². The van der Waals surface area contributed by atoms with Crippen molar-refractivity contribution in [1.82, 2.24) is 0 Å². The van der Waals surface area contributed by atoms with Crippen LogP contribution in [0, 0.1) is 0 Å². The molecule has 0 amide bonds. The maximum Gasteiger partial charge on any atom is 0.135 e. The molecule has 1 heterocycles. The lowest BCUT2D eigenvalue weighted by molar-refractivity contribution is 0.487. The molecule has 9 aromatic carbocycles. The van der Waals surface area contributed by atoms with Crippen LogP contribution in [-0.2, 0) is 0 Å². The molecule has 244 valence electrons. The number of fused-ring (bicyclic) bond motifs is 3. The predicted molar refractivity (Wildman–Crippen MR) is 218 cm³/mol. The summed E-state index contributed by atoms with van der Waals surface area (Å²) in [5, 5.41) is 4.82. The third kappa shape index (κ3) is 5.12. The maximum absolute atomic E-state index is 6.43. The summed E-state index contributed by atoms with van der Waals surface area (Å²) in [5.74, 6) is 1.80. The maximum atomic E-state index is 6.43. The number of para-hydroxylation sites is 1. The van der Waals surface area contributed by atoms with E-state index in [9.17, 15) is 0 Å². The zero-order valence-corrected chi connectivity index (χ0v) is 28.4. The lowest BCUT2D eigenvalue weighted by Crippen LogP contribution is -2.10. The molecule has 0 saturated heterocycles. The molecule has 0 atom stereocenters. The molecule has 10 rings (SSSR count). The van der Waals surface area contributed by atoms with Gasteiger partial charge in [-0.1, -0.05) is 152 Å². The number of ether oxygens (including phenoxy) is 1. The van der Waals surface area contributed by atoms with Gasteiger partial charge < -0.3 is 9.64 Å². The molecule has 0 saturated carbocycles. The van der Waals surface area contributed by atoms with Crippen molar-refractivity contribution in [1.29, 1.82) is 0 Å². The molecule has 0 aliphatic carbocycles. The summed E-state index contributed by atoms with van der Waals surface area (Å²) in [7, 11) is 0. The van der Waals surface area contributed by atoms with Crippen LogP contribution in [0.2, 0.25) is 0 Å². The molecule has 0 aromatic heterocycles. The second-order valence-corrected chi connectivity index (χ2v) is 13.3. The molecule has 1 aliphatic rings. The summed E-state index contributed by atoms with van der Waals surface area (Å²) >= 11 is 0. The quantitative estimate of drug-likeness (QED) is 0.176.